The maximum Gasteiger partial charge on any atom is 0.312 e. The summed E-state index contributed by atoms with van der Waals surface area (Å²) < 4.78 is 12.1. The topological polar surface area (TPSA) is 109 Å². The molecule has 1 aromatic carbocycles. The van der Waals surface area contributed by atoms with Gasteiger partial charge in [0.15, 0.2) is 0 Å². The fraction of sp³-hybridized carbons (Fsp3) is 0.474. The van der Waals surface area contributed by atoms with Crippen LogP contribution in [0.5, 0.6) is 11.5 Å². The van der Waals surface area contributed by atoms with Crippen molar-refractivity contribution in [2.45, 2.75) is 40.3 Å². The SMILES string of the molecule is COc1ccc(OC)c(C(C)NC(=O)C(C)Cn2nc(C)c([N+](=O)[O-])c2C)c1. The van der Waals surface area contributed by atoms with Crippen molar-refractivity contribution in [3.8, 4) is 11.5 Å². The average Bonchev–Trinajstić information content (AvgIpc) is 2.94. The molecule has 1 aromatic heterocycles. The van der Waals surface area contributed by atoms with Gasteiger partial charge in [-0.3, -0.25) is 19.6 Å². The molecule has 0 aliphatic carbocycles. The Hall–Kier alpha value is -3.10. The van der Waals surface area contributed by atoms with E-state index in [2.05, 4.69) is 10.4 Å². The number of hydrogen-bond donors (Lipinski definition) is 1. The Bertz CT molecular complexity index is 877. The summed E-state index contributed by atoms with van der Waals surface area (Å²) in [5.74, 6) is 0.694. The number of carbonyl (C=O) groups excluding carboxylic acids is 1. The van der Waals surface area contributed by atoms with E-state index in [1.807, 2.05) is 13.0 Å². The second-order valence-corrected chi connectivity index (χ2v) is 6.70. The number of benzene rings is 1. The number of ether oxygens (including phenoxy) is 2. The summed E-state index contributed by atoms with van der Waals surface area (Å²) in [5, 5.41) is 18.3. The molecule has 9 heteroatoms. The quantitative estimate of drug-likeness (QED) is 0.548. The third kappa shape index (κ3) is 4.41. The van der Waals surface area contributed by atoms with Crippen LogP contribution in [0, 0.1) is 29.9 Å². The Morgan fingerprint density at radius 3 is 2.50 bits per heavy atom. The molecule has 0 saturated heterocycles. The molecule has 1 N–H and O–H groups in total. The van der Waals surface area contributed by atoms with Crippen LogP contribution in [0.4, 0.5) is 5.69 Å². The number of methoxy groups -OCH3 is 2. The maximum absolute atomic E-state index is 12.7. The lowest BCUT2D eigenvalue weighted by Gasteiger charge is -2.20. The molecule has 0 aliphatic rings. The Morgan fingerprint density at radius 1 is 1.29 bits per heavy atom. The van der Waals surface area contributed by atoms with E-state index in [1.54, 1.807) is 47.1 Å². The molecule has 28 heavy (non-hydrogen) atoms. The molecule has 0 aliphatic heterocycles. The van der Waals surface area contributed by atoms with Crippen molar-refractivity contribution in [3.63, 3.8) is 0 Å². The molecule has 152 valence electrons. The standard InChI is InChI=1S/C19H26N4O5/c1-11(10-22-14(4)18(23(25)26)13(3)21-22)19(24)20-12(2)16-9-15(27-5)7-8-17(16)28-6/h7-9,11-12H,10H2,1-6H3,(H,20,24). The van der Waals surface area contributed by atoms with Crippen molar-refractivity contribution in [2.75, 3.05) is 14.2 Å². The molecule has 0 radical (unpaired) electrons. The molecule has 2 unspecified atom stereocenters. The van der Waals surface area contributed by atoms with Crippen LogP contribution in [0.1, 0.15) is 36.8 Å². The summed E-state index contributed by atoms with van der Waals surface area (Å²) in [5.41, 5.74) is 1.56. The summed E-state index contributed by atoms with van der Waals surface area (Å²) in [6.07, 6.45) is 0. The maximum atomic E-state index is 12.7. The van der Waals surface area contributed by atoms with E-state index >= 15 is 0 Å². The van der Waals surface area contributed by atoms with Crippen LogP contribution in [0.25, 0.3) is 0 Å². The van der Waals surface area contributed by atoms with Gasteiger partial charge in [-0.25, -0.2) is 0 Å². The Morgan fingerprint density at radius 2 is 1.96 bits per heavy atom. The van der Waals surface area contributed by atoms with Crippen LogP contribution < -0.4 is 14.8 Å². The minimum absolute atomic E-state index is 0.0120. The van der Waals surface area contributed by atoms with Gasteiger partial charge in [-0.15, -0.1) is 0 Å². The van der Waals surface area contributed by atoms with Crippen LogP contribution in [-0.4, -0.2) is 34.8 Å². The fourth-order valence-corrected chi connectivity index (χ4v) is 3.08. The molecular formula is C19H26N4O5. The van der Waals surface area contributed by atoms with E-state index in [4.69, 9.17) is 9.47 Å². The van der Waals surface area contributed by atoms with Crippen LogP contribution >= 0.6 is 0 Å². The lowest BCUT2D eigenvalue weighted by atomic mass is 10.0. The van der Waals surface area contributed by atoms with Crippen molar-refractivity contribution in [3.05, 3.63) is 45.3 Å². The lowest BCUT2D eigenvalue weighted by Crippen LogP contribution is -2.34. The van der Waals surface area contributed by atoms with Gasteiger partial charge >= 0.3 is 5.69 Å². The van der Waals surface area contributed by atoms with E-state index in [9.17, 15) is 14.9 Å². The normalized spacial score (nSPS) is 12.9. The Kier molecular flexibility index (Phi) is 6.61. The summed E-state index contributed by atoms with van der Waals surface area (Å²) >= 11 is 0. The summed E-state index contributed by atoms with van der Waals surface area (Å²) in [4.78, 5) is 23.4. The largest absolute Gasteiger partial charge is 0.497 e. The molecule has 0 fully saturated rings. The summed E-state index contributed by atoms with van der Waals surface area (Å²) in [7, 11) is 3.14. The number of aryl methyl sites for hydroxylation is 1. The monoisotopic (exact) mass is 390 g/mol. The summed E-state index contributed by atoms with van der Waals surface area (Å²) in [6, 6.07) is 5.08. The number of hydrogen-bond acceptors (Lipinski definition) is 6. The molecule has 0 spiro atoms. The van der Waals surface area contributed by atoms with Gasteiger partial charge in [0, 0.05) is 5.56 Å². The lowest BCUT2D eigenvalue weighted by molar-refractivity contribution is -0.386. The van der Waals surface area contributed by atoms with Crippen molar-refractivity contribution in [1.82, 2.24) is 15.1 Å². The van der Waals surface area contributed by atoms with Gasteiger partial charge in [0.05, 0.1) is 37.6 Å². The number of nitro groups is 1. The highest BCUT2D eigenvalue weighted by atomic mass is 16.6. The number of nitrogens with zero attached hydrogens (tertiary/aromatic N) is 3. The first-order chi connectivity index (χ1) is 13.2. The fourth-order valence-electron chi connectivity index (χ4n) is 3.08. The minimum atomic E-state index is -0.448. The highest BCUT2D eigenvalue weighted by molar-refractivity contribution is 5.78. The van der Waals surface area contributed by atoms with Crippen molar-refractivity contribution >= 4 is 11.6 Å². The first kappa shape index (κ1) is 21.2. The molecule has 2 rings (SSSR count). The van der Waals surface area contributed by atoms with Gasteiger partial charge in [-0.05, 0) is 39.0 Å². The molecule has 0 bridgehead atoms. The number of aromatic nitrogens is 2. The third-order valence-corrected chi connectivity index (χ3v) is 4.68. The number of amides is 1. The van der Waals surface area contributed by atoms with Crippen LogP contribution in [0.3, 0.4) is 0 Å². The van der Waals surface area contributed by atoms with Crippen LogP contribution in [0.2, 0.25) is 0 Å². The zero-order valence-corrected chi connectivity index (χ0v) is 17.0. The van der Waals surface area contributed by atoms with E-state index in [1.165, 1.54) is 4.68 Å². The van der Waals surface area contributed by atoms with Gasteiger partial charge in [0.1, 0.15) is 22.9 Å². The molecule has 1 amide bonds. The van der Waals surface area contributed by atoms with Crippen LogP contribution in [0.15, 0.2) is 18.2 Å². The van der Waals surface area contributed by atoms with E-state index < -0.39 is 10.8 Å². The predicted octanol–water partition coefficient (Wildman–Crippen LogP) is 2.94. The molecule has 2 atom stereocenters. The molecule has 1 heterocycles. The average molecular weight is 390 g/mol. The number of rotatable bonds is 8. The van der Waals surface area contributed by atoms with Gasteiger partial charge < -0.3 is 14.8 Å². The smallest absolute Gasteiger partial charge is 0.312 e. The minimum Gasteiger partial charge on any atom is -0.497 e. The summed E-state index contributed by atoms with van der Waals surface area (Å²) in [6.45, 7) is 7.08. The predicted molar refractivity (Wildman–Crippen MR) is 104 cm³/mol. The second-order valence-electron chi connectivity index (χ2n) is 6.70. The van der Waals surface area contributed by atoms with Crippen molar-refractivity contribution in [1.29, 1.82) is 0 Å². The Labute approximate surface area is 163 Å². The zero-order valence-electron chi connectivity index (χ0n) is 17.0. The molecular weight excluding hydrogens is 364 g/mol. The molecule has 0 saturated carbocycles. The van der Waals surface area contributed by atoms with Gasteiger partial charge in [0.25, 0.3) is 0 Å². The van der Waals surface area contributed by atoms with Gasteiger partial charge in [-0.2, -0.15) is 5.10 Å². The van der Waals surface area contributed by atoms with Crippen molar-refractivity contribution in [2.24, 2.45) is 5.92 Å². The van der Waals surface area contributed by atoms with Crippen molar-refractivity contribution < 1.29 is 19.2 Å². The highest BCUT2D eigenvalue weighted by Gasteiger charge is 2.25. The highest BCUT2D eigenvalue weighted by Crippen LogP contribution is 2.29. The molecule has 9 nitrogen and oxygen atoms in total. The van der Waals surface area contributed by atoms with Gasteiger partial charge in [0.2, 0.25) is 5.91 Å². The van der Waals surface area contributed by atoms with Crippen LogP contribution in [-0.2, 0) is 11.3 Å². The van der Waals surface area contributed by atoms with E-state index in [0.29, 0.717) is 22.9 Å². The first-order valence-corrected chi connectivity index (χ1v) is 8.90. The Balaban J connectivity index is 2.13. The molecule has 2 aromatic rings. The number of nitrogens with one attached hydrogen (secondary N) is 1. The first-order valence-electron chi connectivity index (χ1n) is 8.90. The van der Waals surface area contributed by atoms with Gasteiger partial charge in [-0.1, -0.05) is 6.92 Å². The van der Waals surface area contributed by atoms with E-state index in [-0.39, 0.29) is 24.2 Å². The second kappa shape index (κ2) is 8.73. The zero-order chi connectivity index (χ0) is 21.0. The third-order valence-electron chi connectivity index (χ3n) is 4.68. The number of carbonyl (C=O) groups is 1. The van der Waals surface area contributed by atoms with E-state index in [0.717, 1.165) is 5.56 Å².